The number of thioether (sulfide) groups is 1. The molecule has 0 radical (unpaired) electrons. The van der Waals surface area contributed by atoms with Crippen LogP contribution in [0.4, 0.5) is 0 Å². The molecule has 0 aromatic heterocycles. The molecule has 24 heavy (non-hydrogen) atoms. The minimum Gasteiger partial charge on any atom is -0.493 e. The number of aliphatic imine (C=N–C) groups is 1. The van der Waals surface area contributed by atoms with Crippen molar-refractivity contribution in [1.29, 1.82) is 0 Å². The van der Waals surface area contributed by atoms with Gasteiger partial charge in [-0.1, -0.05) is 12.1 Å². The quantitative estimate of drug-likeness (QED) is 0.584. The first-order chi connectivity index (χ1) is 11.7. The Labute approximate surface area is 149 Å². The van der Waals surface area contributed by atoms with Crippen molar-refractivity contribution in [3.63, 3.8) is 0 Å². The molecule has 0 spiro atoms. The van der Waals surface area contributed by atoms with Gasteiger partial charge in [-0.3, -0.25) is 4.99 Å². The van der Waals surface area contributed by atoms with Crippen LogP contribution in [0.2, 0.25) is 0 Å². The molecule has 1 saturated carbocycles. The number of ether oxygens (including phenoxy) is 2. The topological polar surface area (TPSA) is 54.9 Å². The summed E-state index contributed by atoms with van der Waals surface area (Å²) in [5.41, 5.74) is 0. The van der Waals surface area contributed by atoms with Gasteiger partial charge in [-0.15, -0.1) is 0 Å². The molecule has 134 valence electrons. The molecule has 0 aliphatic heterocycles. The third kappa shape index (κ3) is 5.51. The van der Waals surface area contributed by atoms with E-state index >= 15 is 0 Å². The van der Waals surface area contributed by atoms with Crippen molar-refractivity contribution in [3.05, 3.63) is 24.3 Å². The van der Waals surface area contributed by atoms with Crippen LogP contribution in [0.5, 0.6) is 11.5 Å². The number of nitrogens with zero attached hydrogens (tertiary/aromatic N) is 1. The molecule has 3 atom stereocenters. The van der Waals surface area contributed by atoms with E-state index < -0.39 is 0 Å². The van der Waals surface area contributed by atoms with Gasteiger partial charge in [0.2, 0.25) is 0 Å². The van der Waals surface area contributed by atoms with E-state index in [0.29, 0.717) is 12.6 Å². The van der Waals surface area contributed by atoms with Crippen molar-refractivity contribution < 1.29 is 9.47 Å². The molecule has 0 bridgehead atoms. The minimum atomic E-state index is 0.00220. The first-order valence-corrected chi connectivity index (χ1v) is 9.74. The molecular formula is C18H29N3O2S. The standard InChI is InChI=1S/C18H29N3O2S/c1-13(23-17-8-6-5-7-16(17)22-3)12-20-18(19-2)21-14-9-10-15(11-14)24-4/h5-8,13-15H,9-12H2,1-4H3,(H2,19,20,21). The first-order valence-electron chi connectivity index (χ1n) is 8.46. The Kier molecular flexibility index (Phi) is 7.56. The average molecular weight is 352 g/mol. The maximum atomic E-state index is 5.96. The number of hydrogen-bond acceptors (Lipinski definition) is 4. The fourth-order valence-corrected chi connectivity index (χ4v) is 3.68. The van der Waals surface area contributed by atoms with Crippen molar-refractivity contribution >= 4 is 17.7 Å². The Balaban J connectivity index is 1.78. The number of para-hydroxylation sites is 2. The van der Waals surface area contributed by atoms with Crippen molar-refractivity contribution in [3.8, 4) is 11.5 Å². The molecule has 6 heteroatoms. The average Bonchev–Trinajstić information content (AvgIpc) is 3.06. The normalized spacial score (nSPS) is 22.1. The molecule has 1 aromatic rings. The predicted molar refractivity (Wildman–Crippen MR) is 103 cm³/mol. The van der Waals surface area contributed by atoms with Gasteiger partial charge >= 0.3 is 0 Å². The summed E-state index contributed by atoms with van der Waals surface area (Å²) in [6.07, 6.45) is 5.89. The monoisotopic (exact) mass is 351 g/mol. The number of rotatable bonds is 7. The summed E-state index contributed by atoms with van der Waals surface area (Å²) in [5, 5.41) is 7.64. The van der Waals surface area contributed by atoms with Crippen molar-refractivity contribution in [1.82, 2.24) is 10.6 Å². The third-order valence-electron chi connectivity index (χ3n) is 4.24. The molecule has 1 aromatic carbocycles. The molecule has 0 saturated heterocycles. The summed E-state index contributed by atoms with van der Waals surface area (Å²) in [6.45, 7) is 2.71. The zero-order chi connectivity index (χ0) is 17.4. The van der Waals surface area contributed by atoms with Gasteiger partial charge in [0.15, 0.2) is 17.5 Å². The molecule has 0 amide bonds. The van der Waals surface area contributed by atoms with Gasteiger partial charge in [-0.2, -0.15) is 11.8 Å². The van der Waals surface area contributed by atoms with E-state index in [9.17, 15) is 0 Å². The van der Waals surface area contributed by atoms with Crippen molar-refractivity contribution in [2.45, 2.75) is 43.6 Å². The third-order valence-corrected chi connectivity index (χ3v) is 5.33. The van der Waals surface area contributed by atoms with Crippen LogP contribution in [0.1, 0.15) is 26.2 Å². The smallest absolute Gasteiger partial charge is 0.191 e. The van der Waals surface area contributed by atoms with Gasteiger partial charge in [0.25, 0.3) is 0 Å². The summed E-state index contributed by atoms with van der Waals surface area (Å²) in [4.78, 5) is 4.32. The summed E-state index contributed by atoms with van der Waals surface area (Å²) < 4.78 is 11.3. The SMILES string of the molecule is CN=C(NCC(C)Oc1ccccc1OC)NC1CCC(SC)C1. The van der Waals surface area contributed by atoms with E-state index in [1.54, 1.807) is 7.11 Å². The van der Waals surface area contributed by atoms with Crippen LogP contribution in [-0.2, 0) is 0 Å². The van der Waals surface area contributed by atoms with Gasteiger partial charge < -0.3 is 20.1 Å². The summed E-state index contributed by atoms with van der Waals surface area (Å²) in [6, 6.07) is 8.21. The highest BCUT2D eigenvalue weighted by atomic mass is 32.2. The van der Waals surface area contributed by atoms with Crippen LogP contribution >= 0.6 is 11.8 Å². The molecule has 2 rings (SSSR count). The van der Waals surface area contributed by atoms with E-state index in [1.165, 1.54) is 19.3 Å². The van der Waals surface area contributed by atoms with Gasteiger partial charge in [0.1, 0.15) is 6.10 Å². The highest BCUT2D eigenvalue weighted by Crippen LogP contribution is 2.28. The molecular weight excluding hydrogens is 322 g/mol. The second-order valence-corrected chi connectivity index (χ2v) is 7.18. The van der Waals surface area contributed by atoms with Gasteiger partial charge in [-0.05, 0) is 44.6 Å². The van der Waals surface area contributed by atoms with Gasteiger partial charge in [0.05, 0.1) is 13.7 Å². The largest absolute Gasteiger partial charge is 0.493 e. The Morgan fingerprint density at radius 1 is 1.33 bits per heavy atom. The van der Waals surface area contributed by atoms with E-state index in [0.717, 1.165) is 22.7 Å². The number of guanidine groups is 1. The Hall–Kier alpha value is -1.56. The van der Waals surface area contributed by atoms with E-state index in [1.807, 2.05) is 50.0 Å². The summed E-state index contributed by atoms with van der Waals surface area (Å²) >= 11 is 1.96. The lowest BCUT2D eigenvalue weighted by atomic mass is 10.2. The van der Waals surface area contributed by atoms with E-state index in [4.69, 9.17) is 9.47 Å². The van der Waals surface area contributed by atoms with E-state index in [-0.39, 0.29) is 6.10 Å². The highest BCUT2D eigenvalue weighted by molar-refractivity contribution is 7.99. The molecule has 1 aliphatic rings. The lowest BCUT2D eigenvalue weighted by Crippen LogP contribution is -2.45. The fourth-order valence-electron chi connectivity index (χ4n) is 2.89. The summed E-state index contributed by atoms with van der Waals surface area (Å²) in [7, 11) is 3.46. The molecule has 2 N–H and O–H groups in total. The number of methoxy groups -OCH3 is 1. The second-order valence-electron chi connectivity index (χ2n) is 6.04. The van der Waals surface area contributed by atoms with Crippen molar-refractivity contribution in [2.24, 2.45) is 4.99 Å². The Morgan fingerprint density at radius 3 is 2.71 bits per heavy atom. The predicted octanol–water partition coefficient (Wildman–Crippen LogP) is 2.91. The number of hydrogen-bond donors (Lipinski definition) is 2. The van der Waals surface area contributed by atoms with Crippen LogP contribution < -0.4 is 20.1 Å². The minimum absolute atomic E-state index is 0.00220. The van der Waals surface area contributed by atoms with Crippen LogP contribution in [0.25, 0.3) is 0 Å². The van der Waals surface area contributed by atoms with Crippen molar-refractivity contribution in [2.75, 3.05) is 27.0 Å². The molecule has 1 aliphatic carbocycles. The maximum Gasteiger partial charge on any atom is 0.191 e. The Bertz CT molecular complexity index is 539. The zero-order valence-corrected chi connectivity index (χ0v) is 15.9. The molecule has 0 heterocycles. The lowest BCUT2D eigenvalue weighted by Gasteiger charge is -2.21. The van der Waals surface area contributed by atoms with Crippen LogP contribution in [0, 0.1) is 0 Å². The highest BCUT2D eigenvalue weighted by Gasteiger charge is 2.24. The van der Waals surface area contributed by atoms with Crippen LogP contribution in [0.15, 0.2) is 29.3 Å². The molecule has 5 nitrogen and oxygen atoms in total. The first kappa shape index (κ1) is 18.8. The maximum absolute atomic E-state index is 5.96. The zero-order valence-electron chi connectivity index (χ0n) is 15.0. The second kappa shape index (κ2) is 9.67. The summed E-state index contributed by atoms with van der Waals surface area (Å²) in [5.74, 6) is 2.36. The number of nitrogens with one attached hydrogen (secondary N) is 2. The van der Waals surface area contributed by atoms with Crippen LogP contribution in [-0.4, -0.2) is 50.3 Å². The number of benzene rings is 1. The van der Waals surface area contributed by atoms with E-state index in [2.05, 4.69) is 21.9 Å². The molecule has 1 fully saturated rings. The lowest BCUT2D eigenvalue weighted by molar-refractivity contribution is 0.213. The fraction of sp³-hybridized carbons (Fsp3) is 0.611. The van der Waals surface area contributed by atoms with Gasteiger partial charge in [-0.25, -0.2) is 0 Å². The van der Waals surface area contributed by atoms with Crippen LogP contribution in [0.3, 0.4) is 0 Å². The molecule has 3 unspecified atom stereocenters. The Morgan fingerprint density at radius 2 is 2.08 bits per heavy atom. The van der Waals surface area contributed by atoms with Gasteiger partial charge in [0, 0.05) is 18.3 Å².